The molecule has 1 aromatic rings. The van der Waals surface area contributed by atoms with Crippen LogP contribution in [0.4, 0.5) is 17.6 Å². The van der Waals surface area contributed by atoms with Gasteiger partial charge in [0.25, 0.3) is 0 Å². The molecule has 1 aromatic carbocycles. The maximum Gasteiger partial charge on any atom is 0.411 e. The molecule has 0 aliphatic heterocycles. The molecular weight excluding hydrogens is 308 g/mol. The molecule has 96 valence electrons. The summed E-state index contributed by atoms with van der Waals surface area (Å²) in [7, 11) is 0. The Morgan fingerprint density at radius 3 is 2.53 bits per heavy atom. The number of ether oxygens (including phenoxy) is 2. The molecule has 0 saturated carbocycles. The second-order valence-electron chi connectivity index (χ2n) is 3.09. The van der Waals surface area contributed by atoms with Crippen LogP contribution in [0.5, 0.6) is 5.75 Å². The Morgan fingerprint density at radius 1 is 1.18 bits per heavy atom. The second kappa shape index (κ2) is 6.20. The first-order valence-corrected chi connectivity index (χ1v) is 5.40. The lowest BCUT2D eigenvalue weighted by Gasteiger charge is -2.09. The molecule has 1 rings (SSSR count). The maximum absolute atomic E-state index is 13.1. The van der Waals surface area contributed by atoms with Crippen LogP contribution in [0, 0.1) is 5.82 Å². The van der Waals surface area contributed by atoms with E-state index in [9.17, 15) is 17.6 Å². The van der Waals surface area contributed by atoms with Gasteiger partial charge < -0.3 is 9.47 Å². The van der Waals surface area contributed by atoms with Gasteiger partial charge in [-0.25, -0.2) is 4.39 Å². The summed E-state index contributed by atoms with van der Waals surface area (Å²) in [5.41, 5.74) is 0. The maximum atomic E-state index is 13.1. The van der Waals surface area contributed by atoms with E-state index in [1.54, 1.807) is 0 Å². The van der Waals surface area contributed by atoms with Gasteiger partial charge in [-0.15, -0.1) is 0 Å². The van der Waals surface area contributed by atoms with Crippen LogP contribution in [0.15, 0.2) is 22.7 Å². The van der Waals surface area contributed by atoms with Gasteiger partial charge in [-0.2, -0.15) is 13.2 Å². The summed E-state index contributed by atoms with van der Waals surface area (Å²) in [6.07, 6.45) is -4.36. The van der Waals surface area contributed by atoms with Gasteiger partial charge in [0.2, 0.25) is 0 Å². The summed E-state index contributed by atoms with van der Waals surface area (Å²) in [6, 6.07) is 4.07. The minimum Gasteiger partial charge on any atom is -0.488 e. The predicted molar refractivity (Wildman–Crippen MR) is 56.5 cm³/mol. The zero-order valence-electron chi connectivity index (χ0n) is 8.56. The van der Waals surface area contributed by atoms with Crippen LogP contribution in [-0.2, 0) is 4.74 Å². The Bertz CT molecular complexity index is 368. The van der Waals surface area contributed by atoms with E-state index in [-0.39, 0.29) is 19.0 Å². The quantitative estimate of drug-likeness (QED) is 0.611. The molecule has 0 bridgehead atoms. The van der Waals surface area contributed by atoms with Crippen molar-refractivity contribution in [2.45, 2.75) is 6.18 Å². The summed E-state index contributed by atoms with van der Waals surface area (Å²) in [4.78, 5) is 0. The van der Waals surface area contributed by atoms with E-state index in [1.165, 1.54) is 18.2 Å². The first-order valence-electron chi connectivity index (χ1n) is 4.61. The van der Waals surface area contributed by atoms with Crippen LogP contribution < -0.4 is 4.74 Å². The molecule has 0 aliphatic rings. The molecule has 0 radical (unpaired) electrons. The third-order valence-corrected chi connectivity index (χ3v) is 2.14. The van der Waals surface area contributed by atoms with E-state index in [4.69, 9.17) is 4.74 Å². The standard InChI is InChI=1S/C10H9BrF4O2/c11-7-1-2-8(12)9(5-7)17-4-3-16-6-10(13,14)15/h1-2,5H,3-4,6H2. The largest absolute Gasteiger partial charge is 0.488 e. The van der Waals surface area contributed by atoms with Crippen molar-refractivity contribution in [3.05, 3.63) is 28.5 Å². The van der Waals surface area contributed by atoms with E-state index in [1.807, 2.05) is 0 Å². The third kappa shape index (κ3) is 5.88. The fourth-order valence-electron chi connectivity index (χ4n) is 0.986. The number of hydrogen-bond acceptors (Lipinski definition) is 2. The van der Waals surface area contributed by atoms with Crippen molar-refractivity contribution >= 4 is 15.9 Å². The van der Waals surface area contributed by atoms with Crippen molar-refractivity contribution in [3.8, 4) is 5.75 Å². The Balaban J connectivity index is 2.29. The zero-order valence-corrected chi connectivity index (χ0v) is 10.1. The molecule has 0 atom stereocenters. The lowest BCUT2D eigenvalue weighted by atomic mass is 10.3. The first kappa shape index (κ1) is 14.2. The van der Waals surface area contributed by atoms with E-state index in [0.717, 1.165) is 0 Å². The lowest BCUT2D eigenvalue weighted by molar-refractivity contribution is -0.175. The van der Waals surface area contributed by atoms with Crippen LogP contribution in [0.25, 0.3) is 0 Å². The van der Waals surface area contributed by atoms with Crippen LogP contribution in [-0.4, -0.2) is 26.0 Å². The van der Waals surface area contributed by atoms with E-state index in [2.05, 4.69) is 20.7 Å². The number of hydrogen-bond donors (Lipinski definition) is 0. The van der Waals surface area contributed by atoms with Gasteiger partial charge in [-0.05, 0) is 18.2 Å². The molecule has 0 heterocycles. The minimum atomic E-state index is -4.36. The molecule has 2 nitrogen and oxygen atoms in total. The Hall–Kier alpha value is -0.820. The molecule has 0 spiro atoms. The van der Waals surface area contributed by atoms with Crippen molar-refractivity contribution in [1.82, 2.24) is 0 Å². The van der Waals surface area contributed by atoms with Gasteiger partial charge in [0.1, 0.15) is 13.2 Å². The number of halogens is 5. The molecule has 0 saturated heterocycles. The number of rotatable bonds is 5. The van der Waals surface area contributed by atoms with Gasteiger partial charge in [0.15, 0.2) is 11.6 Å². The van der Waals surface area contributed by atoms with E-state index < -0.39 is 18.6 Å². The number of alkyl halides is 3. The van der Waals surface area contributed by atoms with Gasteiger partial charge in [-0.1, -0.05) is 15.9 Å². The zero-order chi connectivity index (χ0) is 12.9. The van der Waals surface area contributed by atoms with E-state index >= 15 is 0 Å². The van der Waals surface area contributed by atoms with Gasteiger partial charge >= 0.3 is 6.18 Å². The summed E-state index contributed by atoms with van der Waals surface area (Å²) in [5.74, 6) is -0.612. The SMILES string of the molecule is Fc1ccc(Br)cc1OCCOCC(F)(F)F. The summed E-state index contributed by atoms with van der Waals surface area (Å²) >= 11 is 3.12. The first-order chi connectivity index (χ1) is 7.88. The highest BCUT2D eigenvalue weighted by molar-refractivity contribution is 9.10. The third-order valence-electron chi connectivity index (χ3n) is 1.64. The van der Waals surface area contributed by atoms with Crippen molar-refractivity contribution in [2.75, 3.05) is 19.8 Å². The van der Waals surface area contributed by atoms with Gasteiger partial charge in [0, 0.05) is 4.47 Å². The van der Waals surface area contributed by atoms with Crippen molar-refractivity contribution in [3.63, 3.8) is 0 Å². The van der Waals surface area contributed by atoms with Crippen molar-refractivity contribution in [2.24, 2.45) is 0 Å². The Labute approximate surface area is 104 Å². The van der Waals surface area contributed by atoms with Crippen LogP contribution in [0.3, 0.4) is 0 Å². The average Bonchev–Trinajstić information content (AvgIpc) is 2.21. The fraction of sp³-hybridized carbons (Fsp3) is 0.400. The molecule has 0 amide bonds. The highest BCUT2D eigenvalue weighted by Crippen LogP contribution is 2.22. The Kier molecular flexibility index (Phi) is 5.20. The van der Waals surface area contributed by atoms with E-state index in [0.29, 0.717) is 4.47 Å². The van der Waals surface area contributed by atoms with Crippen molar-refractivity contribution in [1.29, 1.82) is 0 Å². The lowest BCUT2D eigenvalue weighted by Crippen LogP contribution is -2.19. The summed E-state index contributed by atoms with van der Waals surface area (Å²) in [5, 5.41) is 0. The smallest absolute Gasteiger partial charge is 0.411 e. The molecule has 7 heteroatoms. The monoisotopic (exact) mass is 316 g/mol. The van der Waals surface area contributed by atoms with Crippen LogP contribution in [0.1, 0.15) is 0 Å². The van der Waals surface area contributed by atoms with Crippen LogP contribution in [0.2, 0.25) is 0 Å². The van der Waals surface area contributed by atoms with Crippen molar-refractivity contribution < 1.29 is 27.0 Å². The molecule has 0 N–H and O–H groups in total. The number of benzene rings is 1. The normalized spacial score (nSPS) is 11.6. The topological polar surface area (TPSA) is 18.5 Å². The molecule has 0 fully saturated rings. The molecule has 17 heavy (non-hydrogen) atoms. The fourth-order valence-corrected chi connectivity index (χ4v) is 1.33. The van der Waals surface area contributed by atoms with Gasteiger partial charge in [0.05, 0.1) is 6.61 Å². The van der Waals surface area contributed by atoms with Crippen LogP contribution >= 0.6 is 15.9 Å². The predicted octanol–water partition coefficient (Wildman–Crippen LogP) is 3.55. The highest BCUT2D eigenvalue weighted by atomic mass is 79.9. The molecule has 0 aromatic heterocycles. The molecule has 0 unspecified atom stereocenters. The minimum absolute atomic E-state index is 0.0324. The highest BCUT2D eigenvalue weighted by Gasteiger charge is 2.27. The molecular formula is C10H9BrF4O2. The summed E-state index contributed by atoms with van der Waals surface area (Å²) in [6.45, 7) is -1.74. The Morgan fingerprint density at radius 2 is 1.88 bits per heavy atom. The summed E-state index contributed by atoms with van der Waals surface area (Å²) < 4.78 is 58.0. The van der Waals surface area contributed by atoms with Gasteiger partial charge in [-0.3, -0.25) is 0 Å². The average molecular weight is 317 g/mol. The second-order valence-corrected chi connectivity index (χ2v) is 4.01. The molecule has 0 aliphatic carbocycles.